The first-order valence-electron chi connectivity index (χ1n) is 6.28. The van der Waals surface area contributed by atoms with E-state index in [9.17, 15) is 0 Å². The van der Waals surface area contributed by atoms with Crippen molar-refractivity contribution in [1.29, 1.82) is 5.26 Å². The fourth-order valence-corrected chi connectivity index (χ4v) is 2.41. The van der Waals surface area contributed by atoms with E-state index in [0.29, 0.717) is 12.8 Å². The number of imidazole rings is 1. The molecule has 0 amide bonds. The Morgan fingerprint density at radius 3 is 2.95 bits per heavy atom. The van der Waals surface area contributed by atoms with Crippen LogP contribution in [0.5, 0.6) is 0 Å². The number of para-hydroxylation sites is 1. The standard InChI is InChI=1S/C15H14N4/c1-10-15(11-5-2-3-6-12(11)18-10)13-9-17-14(19-13)7-4-8-16/h2-3,5-6,9,18H,4,7H2,1H3,(H,17,19). The van der Waals surface area contributed by atoms with E-state index >= 15 is 0 Å². The number of aryl methyl sites for hydroxylation is 2. The van der Waals surface area contributed by atoms with Crippen LogP contribution in [0.2, 0.25) is 0 Å². The molecule has 0 saturated carbocycles. The minimum absolute atomic E-state index is 0.486. The van der Waals surface area contributed by atoms with E-state index in [2.05, 4.69) is 40.1 Å². The molecule has 0 saturated heterocycles. The molecule has 0 aliphatic rings. The van der Waals surface area contributed by atoms with E-state index in [1.807, 2.05) is 18.3 Å². The van der Waals surface area contributed by atoms with Crippen molar-refractivity contribution < 1.29 is 0 Å². The molecule has 0 unspecified atom stereocenters. The highest BCUT2D eigenvalue weighted by Crippen LogP contribution is 2.30. The van der Waals surface area contributed by atoms with Crippen LogP contribution in [0, 0.1) is 18.3 Å². The third-order valence-corrected chi connectivity index (χ3v) is 3.26. The molecule has 2 aromatic heterocycles. The Labute approximate surface area is 111 Å². The van der Waals surface area contributed by atoms with Crippen molar-refractivity contribution in [3.8, 4) is 17.3 Å². The lowest BCUT2D eigenvalue weighted by atomic mass is 10.1. The Bertz CT molecular complexity index is 758. The van der Waals surface area contributed by atoms with Crippen molar-refractivity contribution in [2.24, 2.45) is 0 Å². The van der Waals surface area contributed by atoms with E-state index < -0.39 is 0 Å². The Kier molecular flexibility index (Phi) is 2.81. The van der Waals surface area contributed by atoms with Crippen LogP contribution in [0.15, 0.2) is 30.5 Å². The second-order valence-corrected chi connectivity index (χ2v) is 4.57. The third kappa shape index (κ3) is 2.00. The average molecular weight is 250 g/mol. The van der Waals surface area contributed by atoms with Gasteiger partial charge in [0.1, 0.15) is 5.82 Å². The van der Waals surface area contributed by atoms with E-state index in [4.69, 9.17) is 5.26 Å². The Balaban J connectivity index is 2.07. The van der Waals surface area contributed by atoms with Crippen molar-refractivity contribution in [3.05, 3.63) is 42.0 Å². The summed E-state index contributed by atoms with van der Waals surface area (Å²) < 4.78 is 0. The molecule has 3 aromatic rings. The lowest BCUT2D eigenvalue weighted by Crippen LogP contribution is -1.86. The highest BCUT2D eigenvalue weighted by molar-refractivity contribution is 5.96. The number of H-pyrrole nitrogens is 2. The topological polar surface area (TPSA) is 68.3 Å². The smallest absolute Gasteiger partial charge is 0.107 e. The maximum atomic E-state index is 8.61. The zero-order valence-electron chi connectivity index (χ0n) is 10.7. The van der Waals surface area contributed by atoms with Gasteiger partial charge >= 0.3 is 0 Å². The molecule has 19 heavy (non-hydrogen) atoms. The molecule has 0 bridgehead atoms. The molecule has 94 valence electrons. The Morgan fingerprint density at radius 1 is 1.26 bits per heavy atom. The Morgan fingerprint density at radius 2 is 2.11 bits per heavy atom. The number of rotatable bonds is 3. The lowest BCUT2D eigenvalue weighted by Gasteiger charge is -1.97. The summed E-state index contributed by atoms with van der Waals surface area (Å²) in [5.74, 6) is 0.862. The van der Waals surface area contributed by atoms with Crippen molar-refractivity contribution in [2.45, 2.75) is 19.8 Å². The minimum Gasteiger partial charge on any atom is -0.358 e. The van der Waals surface area contributed by atoms with Crippen molar-refractivity contribution in [3.63, 3.8) is 0 Å². The van der Waals surface area contributed by atoms with Crippen LogP contribution in [0.4, 0.5) is 0 Å². The van der Waals surface area contributed by atoms with Gasteiger partial charge in [0.25, 0.3) is 0 Å². The van der Waals surface area contributed by atoms with Gasteiger partial charge in [-0.25, -0.2) is 4.98 Å². The predicted molar refractivity (Wildman–Crippen MR) is 74.6 cm³/mol. The molecule has 2 heterocycles. The number of hydrogen-bond donors (Lipinski definition) is 2. The molecular weight excluding hydrogens is 236 g/mol. The van der Waals surface area contributed by atoms with Crippen LogP contribution >= 0.6 is 0 Å². The second-order valence-electron chi connectivity index (χ2n) is 4.57. The zero-order valence-corrected chi connectivity index (χ0v) is 10.7. The molecule has 0 aliphatic heterocycles. The van der Waals surface area contributed by atoms with Crippen molar-refractivity contribution in [1.82, 2.24) is 15.0 Å². The van der Waals surface area contributed by atoms with Crippen molar-refractivity contribution in [2.75, 3.05) is 0 Å². The van der Waals surface area contributed by atoms with Gasteiger partial charge in [-0.15, -0.1) is 0 Å². The van der Waals surface area contributed by atoms with Gasteiger partial charge in [0.05, 0.1) is 18.0 Å². The largest absolute Gasteiger partial charge is 0.358 e. The molecule has 3 rings (SSSR count). The summed E-state index contributed by atoms with van der Waals surface area (Å²) in [5.41, 5.74) is 4.41. The van der Waals surface area contributed by atoms with Gasteiger partial charge in [0.15, 0.2) is 0 Å². The van der Waals surface area contributed by atoms with Crippen LogP contribution in [0.25, 0.3) is 22.2 Å². The Hall–Kier alpha value is -2.54. The van der Waals surface area contributed by atoms with Crippen LogP contribution in [0.1, 0.15) is 17.9 Å². The molecule has 0 atom stereocenters. The van der Waals surface area contributed by atoms with Crippen LogP contribution in [-0.2, 0) is 6.42 Å². The molecule has 0 spiro atoms. The van der Waals surface area contributed by atoms with Gasteiger partial charge in [0, 0.05) is 35.0 Å². The number of hydrogen-bond acceptors (Lipinski definition) is 2. The first-order chi connectivity index (χ1) is 9.29. The van der Waals surface area contributed by atoms with E-state index in [1.165, 1.54) is 5.39 Å². The average Bonchev–Trinajstić information content (AvgIpc) is 2.99. The summed E-state index contributed by atoms with van der Waals surface area (Å²) in [6.45, 7) is 2.06. The first kappa shape index (κ1) is 11.5. The second kappa shape index (κ2) is 4.62. The van der Waals surface area contributed by atoms with Crippen LogP contribution in [-0.4, -0.2) is 15.0 Å². The number of benzene rings is 1. The molecule has 4 heteroatoms. The van der Waals surface area contributed by atoms with Gasteiger partial charge < -0.3 is 9.97 Å². The fourth-order valence-electron chi connectivity index (χ4n) is 2.41. The van der Waals surface area contributed by atoms with Crippen molar-refractivity contribution >= 4 is 10.9 Å². The maximum Gasteiger partial charge on any atom is 0.107 e. The monoisotopic (exact) mass is 250 g/mol. The number of nitriles is 1. The molecular formula is C15H14N4. The SMILES string of the molecule is Cc1[nH]c2ccccc2c1-c1cnc(CCC#N)[nH]1. The quantitative estimate of drug-likeness (QED) is 0.748. The highest BCUT2D eigenvalue weighted by atomic mass is 14.9. The number of aromatic nitrogens is 3. The van der Waals surface area contributed by atoms with Gasteiger partial charge in [0.2, 0.25) is 0 Å². The highest BCUT2D eigenvalue weighted by Gasteiger charge is 2.12. The summed E-state index contributed by atoms with van der Waals surface area (Å²) in [4.78, 5) is 11.0. The normalized spacial score (nSPS) is 10.7. The molecule has 0 fully saturated rings. The summed E-state index contributed by atoms with van der Waals surface area (Å²) in [6, 6.07) is 10.4. The molecule has 1 aromatic carbocycles. The molecule has 2 N–H and O–H groups in total. The lowest BCUT2D eigenvalue weighted by molar-refractivity contribution is 0.918. The summed E-state index contributed by atoms with van der Waals surface area (Å²) >= 11 is 0. The zero-order chi connectivity index (χ0) is 13.2. The van der Waals surface area contributed by atoms with E-state index in [0.717, 1.165) is 28.3 Å². The summed E-state index contributed by atoms with van der Waals surface area (Å²) in [6.07, 6.45) is 2.99. The number of fused-ring (bicyclic) bond motifs is 1. The van der Waals surface area contributed by atoms with Gasteiger partial charge in [-0.3, -0.25) is 0 Å². The third-order valence-electron chi connectivity index (χ3n) is 3.26. The van der Waals surface area contributed by atoms with Crippen LogP contribution in [0.3, 0.4) is 0 Å². The van der Waals surface area contributed by atoms with Gasteiger partial charge in [-0.05, 0) is 13.0 Å². The summed E-state index contributed by atoms with van der Waals surface area (Å²) in [5, 5.41) is 9.80. The van der Waals surface area contributed by atoms with Gasteiger partial charge in [-0.1, -0.05) is 18.2 Å². The van der Waals surface area contributed by atoms with E-state index in [-0.39, 0.29) is 0 Å². The number of aromatic amines is 2. The predicted octanol–water partition coefficient (Wildman–Crippen LogP) is 3.32. The first-order valence-corrected chi connectivity index (χ1v) is 6.28. The number of nitrogens with one attached hydrogen (secondary N) is 2. The summed E-state index contributed by atoms with van der Waals surface area (Å²) in [7, 11) is 0. The molecule has 4 nitrogen and oxygen atoms in total. The van der Waals surface area contributed by atoms with Crippen LogP contribution < -0.4 is 0 Å². The fraction of sp³-hybridized carbons (Fsp3) is 0.200. The number of nitrogens with zero attached hydrogens (tertiary/aromatic N) is 2. The minimum atomic E-state index is 0.486. The maximum absolute atomic E-state index is 8.61. The van der Waals surface area contributed by atoms with Gasteiger partial charge in [-0.2, -0.15) is 5.26 Å². The molecule has 0 aliphatic carbocycles. The molecule has 0 radical (unpaired) electrons. The van der Waals surface area contributed by atoms with E-state index in [1.54, 1.807) is 0 Å².